The SMILES string of the molecule is CCCCOCCOc1ccc(-c2ccc3c(c2)/C=C(/C(C)=O)CCCN3CC(C)C)cc1. The topological polar surface area (TPSA) is 38.8 Å². The largest absolute Gasteiger partial charge is 0.491 e. The second-order valence-corrected chi connectivity index (χ2v) is 9.28. The van der Waals surface area contributed by atoms with Crippen LogP contribution in [0.15, 0.2) is 48.0 Å². The molecule has 1 aliphatic heterocycles. The first-order valence-corrected chi connectivity index (χ1v) is 12.4. The number of allylic oxidation sites excluding steroid dienone is 1. The zero-order valence-electron chi connectivity index (χ0n) is 20.7. The van der Waals surface area contributed by atoms with Crippen LogP contribution in [0.1, 0.15) is 58.9 Å². The summed E-state index contributed by atoms with van der Waals surface area (Å²) in [6.07, 6.45) is 6.18. The fourth-order valence-corrected chi connectivity index (χ4v) is 4.20. The Morgan fingerprint density at radius 3 is 2.48 bits per heavy atom. The van der Waals surface area contributed by atoms with Crippen molar-refractivity contribution in [3.63, 3.8) is 0 Å². The van der Waals surface area contributed by atoms with E-state index in [0.29, 0.717) is 19.1 Å². The van der Waals surface area contributed by atoms with Gasteiger partial charge in [0.25, 0.3) is 0 Å². The van der Waals surface area contributed by atoms with Crippen LogP contribution in [0.3, 0.4) is 0 Å². The number of carbonyl (C=O) groups is 1. The molecule has 0 saturated heterocycles. The van der Waals surface area contributed by atoms with Gasteiger partial charge in [0, 0.05) is 25.4 Å². The number of rotatable bonds is 11. The van der Waals surface area contributed by atoms with Gasteiger partial charge in [0.15, 0.2) is 5.78 Å². The van der Waals surface area contributed by atoms with Crippen LogP contribution in [-0.4, -0.2) is 38.7 Å². The highest BCUT2D eigenvalue weighted by molar-refractivity contribution is 5.99. The number of ether oxygens (including phenoxy) is 2. The number of anilines is 1. The molecule has 0 radical (unpaired) electrons. The summed E-state index contributed by atoms with van der Waals surface area (Å²) in [7, 11) is 0. The van der Waals surface area contributed by atoms with Crippen LogP contribution in [-0.2, 0) is 9.53 Å². The fraction of sp³-hybridized carbons (Fsp3) is 0.483. The zero-order valence-corrected chi connectivity index (χ0v) is 20.7. The van der Waals surface area contributed by atoms with Gasteiger partial charge in [0.2, 0.25) is 0 Å². The molecule has 1 aliphatic rings. The molecule has 0 unspecified atom stereocenters. The van der Waals surface area contributed by atoms with Crippen molar-refractivity contribution in [1.82, 2.24) is 0 Å². The van der Waals surface area contributed by atoms with Gasteiger partial charge in [0.1, 0.15) is 12.4 Å². The molecule has 3 rings (SSSR count). The van der Waals surface area contributed by atoms with Gasteiger partial charge in [-0.3, -0.25) is 4.79 Å². The lowest BCUT2D eigenvalue weighted by Gasteiger charge is -2.30. The second kappa shape index (κ2) is 12.6. The van der Waals surface area contributed by atoms with Crippen LogP contribution in [0.5, 0.6) is 5.75 Å². The molecule has 0 fully saturated rings. The van der Waals surface area contributed by atoms with Gasteiger partial charge in [-0.2, -0.15) is 0 Å². The Kier molecular flexibility index (Phi) is 9.56. The van der Waals surface area contributed by atoms with Crippen molar-refractivity contribution in [3.05, 3.63) is 53.6 Å². The highest BCUT2D eigenvalue weighted by Crippen LogP contribution is 2.33. The zero-order chi connectivity index (χ0) is 23.6. The molecule has 2 aromatic rings. The van der Waals surface area contributed by atoms with Gasteiger partial charge < -0.3 is 14.4 Å². The van der Waals surface area contributed by atoms with Crippen LogP contribution in [0.4, 0.5) is 5.69 Å². The number of nitrogens with zero attached hydrogens (tertiary/aromatic N) is 1. The lowest BCUT2D eigenvalue weighted by molar-refractivity contribution is -0.113. The van der Waals surface area contributed by atoms with E-state index in [1.807, 2.05) is 12.1 Å². The van der Waals surface area contributed by atoms with Gasteiger partial charge in [-0.1, -0.05) is 45.4 Å². The number of unbranched alkanes of at least 4 members (excludes halogenated alkanes) is 1. The van der Waals surface area contributed by atoms with Crippen molar-refractivity contribution < 1.29 is 14.3 Å². The second-order valence-electron chi connectivity index (χ2n) is 9.28. The number of hydrogen-bond acceptors (Lipinski definition) is 4. The van der Waals surface area contributed by atoms with Gasteiger partial charge in [-0.25, -0.2) is 0 Å². The Hall–Kier alpha value is -2.59. The van der Waals surface area contributed by atoms with E-state index in [9.17, 15) is 4.79 Å². The first kappa shape index (κ1) is 25.0. The molecule has 4 heteroatoms. The van der Waals surface area contributed by atoms with E-state index < -0.39 is 0 Å². The summed E-state index contributed by atoms with van der Waals surface area (Å²) in [6, 6.07) is 14.8. The maximum atomic E-state index is 12.2. The Labute approximate surface area is 199 Å². The van der Waals surface area contributed by atoms with Crippen LogP contribution in [0.25, 0.3) is 17.2 Å². The van der Waals surface area contributed by atoms with Crippen molar-refractivity contribution in [3.8, 4) is 16.9 Å². The molecule has 0 spiro atoms. The smallest absolute Gasteiger partial charge is 0.155 e. The Balaban J connectivity index is 1.78. The van der Waals surface area contributed by atoms with E-state index in [2.05, 4.69) is 62.1 Å². The van der Waals surface area contributed by atoms with Crippen LogP contribution in [0, 0.1) is 5.92 Å². The van der Waals surface area contributed by atoms with Crippen molar-refractivity contribution in [2.24, 2.45) is 5.92 Å². The summed E-state index contributed by atoms with van der Waals surface area (Å²) in [6.45, 7) is 12.3. The van der Waals surface area contributed by atoms with E-state index in [-0.39, 0.29) is 5.78 Å². The molecule has 0 aliphatic carbocycles. The van der Waals surface area contributed by atoms with E-state index in [1.54, 1.807) is 6.92 Å². The lowest BCUT2D eigenvalue weighted by atomic mass is 9.95. The molecule has 0 bridgehead atoms. The van der Waals surface area contributed by atoms with Gasteiger partial charge >= 0.3 is 0 Å². The molecule has 4 nitrogen and oxygen atoms in total. The Morgan fingerprint density at radius 2 is 1.79 bits per heavy atom. The predicted octanol–water partition coefficient (Wildman–Crippen LogP) is 6.78. The molecule has 2 aromatic carbocycles. The molecule has 33 heavy (non-hydrogen) atoms. The summed E-state index contributed by atoms with van der Waals surface area (Å²) in [5.74, 6) is 1.60. The standard InChI is InChI=1S/C29H39NO3/c1-5-6-16-32-17-18-33-28-12-9-24(10-13-28)26-11-14-29-27(20-26)19-25(23(4)31)8-7-15-30(29)21-22(2)3/h9-14,19-20,22H,5-8,15-18,21H2,1-4H3/b25-19+. The molecular formula is C29H39NO3. The third-order valence-corrected chi connectivity index (χ3v) is 5.94. The quantitative estimate of drug-likeness (QED) is 0.355. The molecule has 0 aromatic heterocycles. The summed E-state index contributed by atoms with van der Waals surface area (Å²) >= 11 is 0. The Bertz CT molecular complexity index is 930. The number of benzene rings is 2. The average Bonchev–Trinajstić information content (AvgIpc) is 2.78. The van der Waals surface area contributed by atoms with Crippen LogP contribution in [0.2, 0.25) is 0 Å². The first-order chi connectivity index (χ1) is 16.0. The van der Waals surface area contributed by atoms with Crippen LogP contribution >= 0.6 is 0 Å². The molecule has 0 atom stereocenters. The fourth-order valence-electron chi connectivity index (χ4n) is 4.20. The third kappa shape index (κ3) is 7.46. The molecule has 0 amide bonds. The summed E-state index contributed by atoms with van der Waals surface area (Å²) in [4.78, 5) is 14.6. The molecule has 1 heterocycles. The van der Waals surface area contributed by atoms with Crippen molar-refractivity contribution in [1.29, 1.82) is 0 Å². The first-order valence-electron chi connectivity index (χ1n) is 12.4. The van der Waals surface area contributed by atoms with E-state index in [4.69, 9.17) is 9.47 Å². The molecule has 0 N–H and O–H groups in total. The highest BCUT2D eigenvalue weighted by atomic mass is 16.5. The molecule has 0 saturated carbocycles. The molecule has 178 valence electrons. The maximum Gasteiger partial charge on any atom is 0.155 e. The maximum absolute atomic E-state index is 12.2. The summed E-state index contributed by atoms with van der Waals surface area (Å²) < 4.78 is 11.4. The predicted molar refractivity (Wildman–Crippen MR) is 138 cm³/mol. The minimum absolute atomic E-state index is 0.170. The number of fused-ring (bicyclic) bond motifs is 1. The van der Waals surface area contributed by atoms with E-state index in [0.717, 1.165) is 73.4 Å². The minimum atomic E-state index is 0.170. The minimum Gasteiger partial charge on any atom is -0.491 e. The van der Waals surface area contributed by atoms with Crippen molar-refractivity contribution in [2.75, 3.05) is 37.8 Å². The summed E-state index contributed by atoms with van der Waals surface area (Å²) in [5.41, 5.74) is 5.55. The average molecular weight is 450 g/mol. The van der Waals surface area contributed by atoms with Crippen LogP contribution < -0.4 is 9.64 Å². The van der Waals surface area contributed by atoms with Gasteiger partial charge in [-0.15, -0.1) is 0 Å². The van der Waals surface area contributed by atoms with Gasteiger partial charge in [0.05, 0.1) is 6.61 Å². The Morgan fingerprint density at radius 1 is 1.03 bits per heavy atom. The van der Waals surface area contributed by atoms with E-state index in [1.165, 1.54) is 5.69 Å². The van der Waals surface area contributed by atoms with E-state index >= 15 is 0 Å². The highest BCUT2D eigenvalue weighted by Gasteiger charge is 2.17. The number of ketones is 1. The molecular weight excluding hydrogens is 410 g/mol. The normalized spacial score (nSPS) is 15.4. The van der Waals surface area contributed by atoms with Crippen molar-refractivity contribution in [2.45, 2.75) is 53.4 Å². The lowest BCUT2D eigenvalue weighted by Crippen LogP contribution is -2.30. The number of carbonyl (C=O) groups excluding carboxylic acids is 1. The van der Waals surface area contributed by atoms with Gasteiger partial charge in [-0.05, 0) is 84.7 Å². The van der Waals surface area contributed by atoms with Crippen molar-refractivity contribution >= 4 is 17.5 Å². The number of hydrogen-bond donors (Lipinski definition) is 0. The summed E-state index contributed by atoms with van der Waals surface area (Å²) in [5, 5.41) is 0. The third-order valence-electron chi connectivity index (χ3n) is 5.94. The monoisotopic (exact) mass is 449 g/mol. The number of Topliss-reactive ketones (excluding diaryl/α,β-unsaturated/α-hetero) is 1.